The summed E-state index contributed by atoms with van der Waals surface area (Å²) in [7, 11) is 0. The third kappa shape index (κ3) is 5.95. The van der Waals surface area contributed by atoms with Crippen molar-refractivity contribution < 1.29 is 25.6 Å². The summed E-state index contributed by atoms with van der Waals surface area (Å²) < 4.78 is 37.3. The van der Waals surface area contributed by atoms with Crippen molar-refractivity contribution in [2.45, 2.75) is 6.18 Å². The Bertz CT molecular complexity index is 422. The molecule has 0 heterocycles. The van der Waals surface area contributed by atoms with Crippen molar-refractivity contribution in [3.63, 3.8) is 0 Å². The second kappa shape index (κ2) is 8.63. The normalized spacial score (nSPS) is 10.4. The number of hydrogen-bond donors (Lipinski definition) is 2. The first-order valence-corrected chi connectivity index (χ1v) is 4.53. The Balaban J connectivity index is 0. The molecule has 0 aliphatic carbocycles. The maximum absolute atomic E-state index is 12.4. The van der Waals surface area contributed by atoms with Crippen LogP contribution in [-0.2, 0) is 6.18 Å². The van der Waals surface area contributed by atoms with E-state index in [1.807, 2.05) is 0 Å². The molecule has 0 spiro atoms. The van der Waals surface area contributed by atoms with Crippen LogP contribution in [-0.4, -0.2) is 29.3 Å². The van der Waals surface area contributed by atoms with Crippen LogP contribution in [0.25, 0.3) is 0 Å². The number of rotatable bonds is 3. The minimum Gasteiger partial charge on any atom is -1.00 e. The SMILES string of the molecule is N=C[C-]=CNc1ccc(Cl)c(C(F)(F)F)c1.[Cl-].[Mg+2]. The Morgan fingerprint density at radius 3 is 2.44 bits per heavy atom. The fourth-order valence-electron chi connectivity index (χ4n) is 0.999. The number of nitrogens with one attached hydrogen (secondary N) is 2. The van der Waals surface area contributed by atoms with Crippen molar-refractivity contribution in [2.24, 2.45) is 0 Å². The van der Waals surface area contributed by atoms with E-state index in [0.717, 1.165) is 18.3 Å². The first kappa shape index (κ1) is 19.9. The first-order valence-electron chi connectivity index (χ1n) is 4.15. The van der Waals surface area contributed by atoms with Gasteiger partial charge in [0.1, 0.15) is 0 Å². The zero-order valence-corrected chi connectivity index (χ0v) is 11.9. The smallest absolute Gasteiger partial charge is 1.00 e. The van der Waals surface area contributed by atoms with Gasteiger partial charge in [-0.25, -0.2) is 0 Å². The van der Waals surface area contributed by atoms with Crippen LogP contribution in [0.4, 0.5) is 18.9 Å². The van der Waals surface area contributed by atoms with Crippen molar-refractivity contribution in [3.8, 4) is 0 Å². The third-order valence-electron chi connectivity index (χ3n) is 1.68. The van der Waals surface area contributed by atoms with Crippen LogP contribution >= 0.6 is 11.6 Å². The van der Waals surface area contributed by atoms with Gasteiger partial charge in [-0.1, -0.05) is 11.6 Å². The Hall–Kier alpha value is -0.434. The minimum atomic E-state index is -4.48. The molecule has 1 rings (SSSR count). The fraction of sp³-hybridized carbons (Fsp3) is 0.100. The van der Waals surface area contributed by atoms with E-state index in [0.29, 0.717) is 0 Å². The summed E-state index contributed by atoms with van der Waals surface area (Å²) >= 11 is 5.43. The Morgan fingerprint density at radius 1 is 1.33 bits per heavy atom. The Morgan fingerprint density at radius 2 is 1.94 bits per heavy atom. The van der Waals surface area contributed by atoms with E-state index in [4.69, 9.17) is 17.0 Å². The van der Waals surface area contributed by atoms with Gasteiger partial charge in [-0.2, -0.15) is 25.6 Å². The van der Waals surface area contributed by atoms with Crippen LogP contribution in [0.15, 0.2) is 24.4 Å². The molecule has 0 unspecified atom stereocenters. The van der Waals surface area contributed by atoms with Gasteiger partial charge < -0.3 is 29.2 Å². The predicted molar refractivity (Wildman–Crippen MR) is 62.4 cm³/mol. The van der Waals surface area contributed by atoms with Gasteiger partial charge in [-0.05, 0) is 18.2 Å². The van der Waals surface area contributed by atoms with E-state index in [2.05, 4.69) is 11.4 Å². The van der Waals surface area contributed by atoms with Gasteiger partial charge in [0.05, 0.1) is 10.6 Å². The maximum Gasteiger partial charge on any atom is 2.00 e. The topological polar surface area (TPSA) is 35.9 Å². The molecule has 0 saturated heterocycles. The largest absolute Gasteiger partial charge is 2.00 e. The van der Waals surface area contributed by atoms with Crippen LogP contribution in [0, 0.1) is 11.5 Å². The van der Waals surface area contributed by atoms with E-state index in [-0.39, 0.29) is 46.2 Å². The number of halogens is 5. The monoisotopic (exact) mass is 306 g/mol. The second-order valence-corrected chi connectivity index (χ2v) is 3.20. The third-order valence-corrected chi connectivity index (χ3v) is 2.01. The standard InChI is InChI=1S/C10H7ClF3N2.ClH.Mg/c11-9-3-2-7(16-5-1-4-15)6-8(9)10(12,13)14;;/h2-6,15-16H;1H;/q-1;;+2/p-1. The van der Waals surface area contributed by atoms with Crippen molar-refractivity contribution >= 4 is 46.6 Å². The van der Waals surface area contributed by atoms with Gasteiger partial charge in [-0.15, -0.1) is 0 Å². The van der Waals surface area contributed by atoms with Crippen molar-refractivity contribution in [1.29, 1.82) is 5.41 Å². The summed E-state index contributed by atoms with van der Waals surface area (Å²) in [4.78, 5) is 0. The van der Waals surface area contributed by atoms with Crippen molar-refractivity contribution in [2.75, 3.05) is 5.32 Å². The van der Waals surface area contributed by atoms with Gasteiger partial charge in [0.15, 0.2) is 0 Å². The second-order valence-electron chi connectivity index (χ2n) is 2.79. The van der Waals surface area contributed by atoms with Gasteiger partial charge >= 0.3 is 29.2 Å². The molecule has 1 aromatic rings. The molecule has 18 heavy (non-hydrogen) atoms. The van der Waals surface area contributed by atoms with Crippen molar-refractivity contribution in [1.82, 2.24) is 0 Å². The van der Waals surface area contributed by atoms with E-state index >= 15 is 0 Å². The summed E-state index contributed by atoms with van der Waals surface area (Å²) in [5, 5.41) is 8.83. The van der Waals surface area contributed by atoms with E-state index in [1.165, 1.54) is 12.3 Å². The summed E-state index contributed by atoms with van der Waals surface area (Å²) in [5.74, 6) is 0. The molecule has 0 aliphatic heterocycles. The van der Waals surface area contributed by atoms with Crippen LogP contribution in [0.1, 0.15) is 5.56 Å². The molecular formula is C10H7Cl2F3MgN2. The van der Waals surface area contributed by atoms with E-state index < -0.39 is 11.7 Å². The van der Waals surface area contributed by atoms with Gasteiger partial charge in [-0.3, -0.25) is 0 Å². The molecule has 0 aromatic heterocycles. The van der Waals surface area contributed by atoms with Crippen molar-refractivity contribution in [3.05, 3.63) is 41.1 Å². The predicted octanol–water partition coefficient (Wildman–Crippen LogP) is 0.360. The quantitative estimate of drug-likeness (QED) is 0.472. The average Bonchev–Trinajstić information content (AvgIpc) is 2.19. The Labute approximate surface area is 130 Å². The summed E-state index contributed by atoms with van der Waals surface area (Å²) in [6, 6.07) is 3.45. The van der Waals surface area contributed by atoms with Crippen LogP contribution in [0.2, 0.25) is 5.02 Å². The molecule has 2 nitrogen and oxygen atoms in total. The molecule has 94 valence electrons. The zero-order valence-electron chi connectivity index (χ0n) is 8.98. The molecule has 0 saturated carbocycles. The van der Waals surface area contributed by atoms with Gasteiger partial charge in [0, 0.05) is 5.69 Å². The first-order chi connectivity index (χ1) is 7.45. The molecular weight excluding hydrogens is 300 g/mol. The molecule has 0 aliphatic rings. The molecule has 8 heteroatoms. The minimum absolute atomic E-state index is 0. The number of benzene rings is 1. The van der Waals surface area contributed by atoms with Gasteiger partial charge in [0.25, 0.3) is 0 Å². The molecule has 0 amide bonds. The summed E-state index contributed by atoms with van der Waals surface area (Å²) in [6.45, 7) is 0. The molecule has 0 bridgehead atoms. The van der Waals surface area contributed by atoms with Crippen LogP contribution in [0.5, 0.6) is 0 Å². The number of allylic oxidation sites excluding steroid dienone is 1. The molecule has 0 fully saturated rings. The van der Waals surface area contributed by atoms with Crippen LogP contribution in [0.3, 0.4) is 0 Å². The van der Waals surface area contributed by atoms with E-state index in [9.17, 15) is 13.2 Å². The number of alkyl halides is 3. The molecule has 2 N–H and O–H groups in total. The van der Waals surface area contributed by atoms with Crippen LogP contribution < -0.4 is 17.7 Å². The van der Waals surface area contributed by atoms with Gasteiger partial charge in [0.2, 0.25) is 0 Å². The maximum atomic E-state index is 12.4. The Kier molecular flexibility index (Phi) is 9.54. The van der Waals surface area contributed by atoms with E-state index in [1.54, 1.807) is 0 Å². The summed E-state index contributed by atoms with van der Waals surface area (Å²) in [6.07, 6.45) is -0.00646. The molecule has 1 aromatic carbocycles. The number of anilines is 1. The molecule has 0 atom stereocenters. The number of hydrogen-bond acceptors (Lipinski definition) is 2. The average molecular weight is 307 g/mol. The summed E-state index contributed by atoms with van der Waals surface area (Å²) in [5.41, 5.74) is -0.673. The molecule has 0 radical (unpaired) electrons. The fourth-order valence-corrected chi connectivity index (χ4v) is 1.22. The zero-order chi connectivity index (χ0) is 12.2.